The van der Waals surface area contributed by atoms with Crippen LogP contribution in [0, 0.1) is 0 Å². The van der Waals surface area contributed by atoms with Crippen LogP contribution in [0.25, 0.3) is 10.8 Å². The van der Waals surface area contributed by atoms with Crippen LogP contribution in [-0.4, -0.2) is 57.9 Å². The molecule has 46 heavy (non-hydrogen) atoms. The molecule has 0 saturated carbocycles. The molecule has 0 unspecified atom stereocenters. The van der Waals surface area contributed by atoms with Crippen molar-refractivity contribution in [2.75, 3.05) is 12.0 Å². The lowest BCUT2D eigenvalue weighted by Crippen LogP contribution is -2.47. The van der Waals surface area contributed by atoms with E-state index in [1.807, 2.05) is 48.7 Å². The molecule has 2 bridgehead atoms. The van der Waals surface area contributed by atoms with Gasteiger partial charge < -0.3 is 20.7 Å². The molecule has 12 heteroatoms. The second kappa shape index (κ2) is 16.8. The van der Waals surface area contributed by atoms with E-state index in [2.05, 4.69) is 20.9 Å². The Bertz CT molecular complexity index is 1680. The zero-order valence-electron chi connectivity index (χ0n) is 25.8. The van der Waals surface area contributed by atoms with Crippen LogP contribution in [0.5, 0.6) is 0 Å². The molecule has 4 rings (SSSR count). The van der Waals surface area contributed by atoms with Gasteiger partial charge in [-0.1, -0.05) is 66.4 Å². The van der Waals surface area contributed by atoms with Crippen LogP contribution in [0.1, 0.15) is 48.4 Å². The fourth-order valence-electron chi connectivity index (χ4n) is 4.83. The summed E-state index contributed by atoms with van der Waals surface area (Å²) in [6.45, 7) is 3.13. The van der Waals surface area contributed by atoms with Crippen molar-refractivity contribution in [3.05, 3.63) is 95.5 Å². The van der Waals surface area contributed by atoms with Crippen LogP contribution in [-0.2, 0) is 36.9 Å². The summed E-state index contributed by atoms with van der Waals surface area (Å²) in [4.78, 5) is 70.1. The van der Waals surface area contributed by atoms with Gasteiger partial charge in [-0.3, -0.25) is 19.2 Å². The number of aromatic nitrogens is 1. The Morgan fingerprint density at radius 2 is 1.83 bits per heavy atom. The van der Waals surface area contributed by atoms with Gasteiger partial charge in [-0.2, -0.15) is 0 Å². The van der Waals surface area contributed by atoms with E-state index in [1.165, 1.54) is 36.5 Å². The van der Waals surface area contributed by atoms with E-state index < -0.39 is 35.8 Å². The fraction of sp³-hybridized carbons (Fsp3) is 0.294. The molecule has 10 nitrogen and oxygen atoms in total. The van der Waals surface area contributed by atoms with E-state index in [9.17, 15) is 24.0 Å². The minimum atomic E-state index is -1.16. The smallest absolute Gasteiger partial charge is 0.329 e. The van der Waals surface area contributed by atoms with Crippen LogP contribution in [0.4, 0.5) is 0 Å². The maximum Gasteiger partial charge on any atom is 0.329 e. The number of rotatable bonds is 7. The number of amides is 3. The molecule has 1 aromatic heterocycles. The summed E-state index contributed by atoms with van der Waals surface area (Å²) in [5.41, 5.74) is 1.29. The zero-order chi connectivity index (χ0) is 33.1. The number of ether oxygens (including phenoxy) is 1. The Kier molecular flexibility index (Phi) is 12.6. The number of esters is 1. The number of nitrogens with zero attached hydrogens (tertiary/aromatic N) is 1. The van der Waals surface area contributed by atoms with Crippen molar-refractivity contribution in [1.82, 2.24) is 20.9 Å². The van der Waals surface area contributed by atoms with Gasteiger partial charge in [0.05, 0.1) is 18.7 Å². The Balaban J connectivity index is 1.70. The van der Waals surface area contributed by atoms with Crippen molar-refractivity contribution in [1.29, 1.82) is 0 Å². The molecule has 2 atom stereocenters. The first-order valence-electron chi connectivity index (χ1n) is 14.7. The van der Waals surface area contributed by atoms with Gasteiger partial charge in [0.1, 0.15) is 23.5 Å². The van der Waals surface area contributed by atoms with Crippen LogP contribution < -0.4 is 16.0 Å². The first-order valence-corrected chi connectivity index (χ1v) is 17.0. The number of allylic oxidation sites excluding steroid dienone is 2. The predicted molar refractivity (Wildman–Crippen MR) is 180 cm³/mol. The molecule has 2 heterocycles. The zero-order valence-corrected chi connectivity index (χ0v) is 27.5. The minimum Gasteiger partial charge on any atom is -0.456 e. The highest BCUT2D eigenvalue weighted by atomic mass is 32.2. The van der Waals surface area contributed by atoms with Gasteiger partial charge in [0.25, 0.3) is 11.8 Å². The lowest BCUT2D eigenvalue weighted by Gasteiger charge is -2.23. The summed E-state index contributed by atoms with van der Waals surface area (Å²) in [5, 5.41) is 10.0. The Hall–Kier alpha value is -4.42. The van der Waals surface area contributed by atoms with Gasteiger partial charge in [0.2, 0.25) is 5.91 Å². The number of hydrogen-bond acceptors (Lipinski definition) is 9. The standard InChI is InChI=1S/C34H36N4O6S2/c1-4-26-32(41)38-28(18-23-12-9-11-22-10-5-6-14-25(22)23)34(43)44-24(13-7-8-17-46-21(2)39)19-31(40)35-20-29-30(45-3)16-15-27(36-29)33(42)37-26/h4-7,9-16,24,28H,8,17-20H2,1-3H3,(H,35,40)(H,37,42)(H,38,41)/b13-7+,26-4-/t24-,28+/m1/s1. The lowest BCUT2D eigenvalue weighted by molar-refractivity contribution is -0.151. The normalized spacial score (nSPS) is 19.1. The van der Waals surface area contributed by atoms with Crippen LogP contribution in [0.3, 0.4) is 0 Å². The molecule has 1 aliphatic heterocycles. The molecule has 3 amide bonds. The summed E-state index contributed by atoms with van der Waals surface area (Å²) in [6, 6.07) is 15.5. The molecule has 0 radical (unpaired) electrons. The second-order valence-corrected chi connectivity index (χ2v) is 12.5. The van der Waals surface area contributed by atoms with E-state index >= 15 is 0 Å². The van der Waals surface area contributed by atoms with E-state index in [0.29, 0.717) is 17.9 Å². The number of thioether (sulfide) groups is 2. The first kappa shape index (κ1) is 34.5. The quantitative estimate of drug-likeness (QED) is 0.110. The SMILES string of the molecule is C/C=C1\NC(=O)c2ccc(SC)c(n2)CNC(=O)C[C@@H](/C=C/CCSC(C)=O)OC(=O)[C@H](Cc2cccc3ccccc23)NC1=O. The highest BCUT2D eigenvalue weighted by molar-refractivity contribution is 8.13. The van der Waals surface area contributed by atoms with Crippen molar-refractivity contribution in [2.24, 2.45) is 0 Å². The van der Waals surface area contributed by atoms with E-state index in [-0.39, 0.29) is 35.9 Å². The monoisotopic (exact) mass is 660 g/mol. The number of hydrogen-bond donors (Lipinski definition) is 3. The highest BCUT2D eigenvalue weighted by Crippen LogP contribution is 2.22. The van der Waals surface area contributed by atoms with Crippen LogP contribution in [0.15, 0.2) is 83.4 Å². The number of cyclic esters (lactones) is 1. The van der Waals surface area contributed by atoms with E-state index in [0.717, 1.165) is 21.2 Å². The number of pyridine rings is 1. The average molecular weight is 661 g/mol. The first-order chi connectivity index (χ1) is 22.2. The number of benzene rings is 2. The van der Waals surface area contributed by atoms with Crippen LogP contribution >= 0.6 is 23.5 Å². The summed E-state index contributed by atoms with van der Waals surface area (Å²) in [6.07, 6.45) is 6.17. The molecular weight excluding hydrogens is 625 g/mol. The summed E-state index contributed by atoms with van der Waals surface area (Å²) in [5.74, 6) is -1.90. The number of nitrogens with one attached hydrogen (secondary N) is 3. The van der Waals surface area contributed by atoms with Gasteiger partial charge in [0.15, 0.2) is 5.12 Å². The topological polar surface area (TPSA) is 144 Å². The number of carbonyl (C=O) groups excluding carboxylic acids is 5. The third-order valence-corrected chi connectivity index (χ3v) is 8.77. The van der Waals surface area contributed by atoms with Crippen LogP contribution in [0.2, 0.25) is 0 Å². The van der Waals surface area contributed by atoms with Gasteiger partial charge in [-0.25, -0.2) is 9.78 Å². The molecule has 0 spiro atoms. The summed E-state index contributed by atoms with van der Waals surface area (Å²) in [7, 11) is 0. The van der Waals surface area contributed by atoms with Crippen molar-refractivity contribution in [2.45, 2.75) is 56.7 Å². The molecule has 0 aliphatic carbocycles. The Morgan fingerprint density at radius 1 is 1.04 bits per heavy atom. The largest absolute Gasteiger partial charge is 0.456 e. The van der Waals surface area contributed by atoms with E-state index in [1.54, 1.807) is 31.2 Å². The molecule has 3 aromatic rings. The Morgan fingerprint density at radius 3 is 2.59 bits per heavy atom. The van der Waals surface area contributed by atoms with E-state index in [4.69, 9.17) is 4.74 Å². The fourth-order valence-corrected chi connectivity index (χ4v) is 5.93. The van der Waals surface area contributed by atoms with Gasteiger partial charge in [0, 0.05) is 24.0 Å². The predicted octanol–water partition coefficient (Wildman–Crippen LogP) is 4.48. The third-order valence-electron chi connectivity index (χ3n) is 7.11. The molecule has 1 aliphatic rings. The molecule has 0 saturated heterocycles. The van der Waals surface area contributed by atoms with Gasteiger partial charge in [-0.15, -0.1) is 11.8 Å². The molecule has 0 fully saturated rings. The third kappa shape index (κ3) is 9.54. The van der Waals surface area contributed by atoms with Crippen molar-refractivity contribution < 1.29 is 28.7 Å². The Labute approximate surface area is 276 Å². The highest BCUT2D eigenvalue weighted by Gasteiger charge is 2.29. The minimum absolute atomic E-state index is 0.00471. The molecule has 3 N–H and O–H groups in total. The van der Waals surface area contributed by atoms with Crippen molar-refractivity contribution in [3.63, 3.8) is 0 Å². The van der Waals surface area contributed by atoms with Gasteiger partial charge >= 0.3 is 5.97 Å². The van der Waals surface area contributed by atoms with Crippen molar-refractivity contribution >= 4 is 63.1 Å². The van der Waals surface area contributed by atoms with Crippen molar-refractivity contribution in [3.8, 4) is 0 Å². The maximum absolute atomic E-state index is 13.8. The summed E-state index contributed by atoms with van der Waals surface area (Å²) < 4.78 is 5.87. The number of fused-ring (bicyclic) bond motifs is 3. The van der Waals surface area contributed by atoms with Gasteiger partial charge in [-0.05, 0) is 54.1 Å². The number of carbonyl (C=O) groups is 5. The molecule has 2 aromatic carbocycles. The molecular formula is C34H36N4O6S2. The lowest BCUT2D eigenvalue weighted by atomic mass is 9.98. The summed E-state index contributed by atoms with van der Waals surface area (Å²) >= 11 is 2.59. The molecule has 240 valence electrons. The second-order valence-electron chi connectivity index (χ2n) is 10.4. The average Bonchev–Trinajstić information content (AvgIpc) is 3.04. The maximum atomic E-state index is 13.8.